The zero-order valence-electron chi connectivity index (χ0n) is 64.6. The Bertz CT molecular complexity index is 4180. The minimum atomic E-state index is -2.54. The van der Waals surface area contributed by atoms with Crippen LogP contribution >= 0.6 is 0 Å². The van der Waals surface area contributed by atoms with E-state index in [2.05, 4.69) is 58.5 Å². The number of ether oxygens (including phenoxy) is 3. The summed E-state index contributed by atoms with van der Waals surface area (Å²) < 4.78 is 17.6. The predicted octanol–water partition coefficient (Wildman–Crippen LogP) is -7.69. The third kappa shape index (κ3) is 24.3. The molecule has 1 fully saturated rings. The standard InChI is InChI=1S/C74H102N14O28/c1-31(2)21-43(68(107)82-42-24-54(115-34(5)59(42)98)116-50-26-74(113,51(95)30-92)25-39-56(50)63(102)58-57(61(39)100)60(99)38-11-10-13-49(114-7)55(38)62(58)101)84-72(111)47(28-90)88-73(112)48(29-91)87-67(106)41(18-19-52(76)96)81-69(108)44(22-36-14-16-37(94)17-15-36)85-71(110)46(27-89)86-65(104)33(4)79-66(105)40(12-8-9-20-75)80-70(109)45(23-53(77)97)83-64(103)32(3)78-35(6)93/h10-11,13-17,31-34,40-48,50,54,59,89-92,94,98,100,102,113H,8-9,12,18-30,75H2,1-7H3,(H2,76,96)(H2,77,97)(H,78,93)(H,79,105)(H,80,109)(H,81,108)(H,82,107)(H,83,103)(H,84,111)(H,85,110)(H,86,104)(H,87,106)(H,88,112)/t32-,33-,34-,40-,41-,42-,43-,44-,45-,46-,47-,48-,50-,54+,59+,74-/m0/s1. The van der Waals surface area contributed by atoms with Crippen LogP contribution in [0.25, 0.3) is 0 Å². The van der Waals surface area contributed by atoms with E-state index in [0.29, 0.717) is 6.42 Å². The number of ketones is 3. The van der Waals surface area contributed by atoms with E-state index in [4.69, 9.17) is 31.4 Å². The average Bonchev–Trinajstić information content (AvgIpc) is 0.709. The van der Waals surface area contributed by atoms with Gasteiger partial charge in [-0.25, -0.2) is 0 Å². The number of aliphatic hydroxyl groups is 6. The lowest BCUT2D eigenvalue weighted by Gasteiger charge is -2.43. The zero-order valence-corrected chi connectivity index (χ0v) is 64.6. The summed E-state index contributed by atoms with van der Waals surface area (Å²) in [5, 5.41) is 124. The first-order valence-electron chi connectivity index (χ1n) is 37.1. The van der Waals surface area contributed by atoms with E-state index in [1.54, 1.807) is 13.8 Å². The highest BCUT2D eigenvalue weighted by Gasteiger charge is 2.51. The number of rotatable bonds is 42. The molecule has 13 amide bonds. The number of aromatic hydroxyl groups is 3. The Kier molecular flexibility index (Phi) is 34.1. The maximum atomic E-state index is 14.4. The van der Waals surface area contributed by atoms with Gasteiger partial charge in [0.05, 0.1) is 68.3 Å². The number of amides is 13. The molecule has 0 saturated carbocycles. The monoisotopic (exact) mass is 1630 g/mol. The van der Waals surface area contributed by atoms with Crippen LogP contribution in [0.1, 0.15) is 154 Å². The van der Waals surface area contributed by atoms with E-state index in [1.807, 2.05) is 0 Å². The highest BCUT2D eigenvalue weighted by molar-refractivity contribution is 6.31. The highest BCUT2D eigenvalue weighted by Crippen LogP contribution is 2.53. The second kappa shape index (κ2) is 42.3. The number of primary amides is 2. The lowest BCUT2D eigenvalue weighted by Crippen LogP contribution is -2.62. The van der Waals surface area contributed by atoms with Crippen LogP contribution in [-0.4, -0.2) is 271 Å². The molecule has 1 saturated heterocycles. The zero-order chi connectivity index (χ0) is 86.5. The summed E-state index contributed by atoms with van der Waals surface area (Å²) in [6, 6.07) is -9.16. The number of unbranched alkanes of at least 4 members (excludes halogenated alkanes) is 1. The number of phenols is 3. The van der Waals surface area contributed by atoms with E-state index in [0.717, 1.165) is 13.8 Å². The highest BCUT2D eigenvalue weighted by atomic mass is 16.7. The number of nitrogens with one attached hydrogen (secondary N) is 11. The molecule has 42 nitrogen and oxygen atoms in total. The lowest BCUT2D eigenvalue weighted by molar-refractivity contribution is -0.249. The molecule has 1 heterocycles. The van der Waals surface area contributed by atoms with Crippen LogP contribution < -0.4 is 80.4 Å². The molecular formula is C74H102N14O28. The number of phenolic OH excluding ortho intramolecular Hbond substituents is 3. The number of hydrogen-bond acceptors (Lipinski definition) is 29. The number of benzene rings is 3. The van der Waals surface area contributed by atoms with Crippen LogP contribution in [0.5, 0.6) is 23.0 Å². The Morgan fingerprint density at radius 3 is 1.62 bits per heavy atom. The number of hydrogen-bond donors (Lipinski definition) is 23. The molecule has 0 bridgehead atoms. The first-order valence-corrected chi connectivity index (χ1v) is 37.1. The van der Waals surface area contributed by atoms with Gasteiger partial charge in [0, 0.05) is 55.7 Å². The Morgan fingerprint density at radius 2 is 1.09 bits per heavy atom. The Balaban J connectivity index is 1.14. The summed E-state index contributed by atoms with van der Waals surface area (Å²) in [6.07, 6.45) is -10.2. The van der Waals surface area contributed by atoms with E-state index < -0.39 is 296 Å². The Hall–Kier alpha value is -11.4. The van der Waals surface area contributed by atoms with Crippen molar-refractivity contribution in [2.75, 3.05) is 40.1 Å². The van der Waals surface area contributed by atoms with Gasteiger partial charge in [0.1, 0.15) is 102 Å². The lowest BCUT2D eigenvalue weighted by atomic mass is 9.72. The summed E-state index contributed by atoms with van der Waals surface area (Å²) in [4.78, 5) is 216. The van der Waals surface area contributed by atoms with Gasteiger partial charge in [-0.05, 0) is 89.1 Å². The van der Waals surface area contributed by atoms with Gasteiger partial charge < -0.3 is 136 Å². The largest absolute Gasteiger partial charge is 0.508 e. The minimum Gasteiger partial charge on any atom is -0.508 e. The normalized spacial score (nSPS) is 20.0. The first-order chi connectivity index (χ1) is 54.6. The van der Waals surface area contributed by atoms with Crippen molar-refractivity contribution < 1.29 is 137 Å². The molecule has 42 heteroatoms. The van der Waals surface area contributed by atoms with Crippen molar-refractivity contribution in [2.45, 2.75) is 209 Å². The van der Waals surface area contributed by atoms with Crippen molar-refractivity contribution in [3.8, 4) is 23.0 Å². The number of carbonyl (C=O) groups is 16. The third-order valence-electron chi connectivity index (χ3n) is 19.4. The number of aliphatic hydroxyl groups excluding tert-OH is 5. The first kappa shape index (κ1) is 93.5. The molecule has 3 aromatic carbocycles. The molecule has 0 radical (unpaired) electrons. The molecule has 0 unspecified atom stereocenters. The van der Waals surface area contributed by atoms with Crippen LogP contribution in [0.2, 0.25) is 0 Å². The summed E-state index contributed by atoms with van der Waals surface area (Å²) >= 11 is 0. The fourth-order valence-corrected chi connectivity index (χ4v) is 13.2. The van der Waals surface area contributed by atoms with Crippen molar-refractivity contribution >= 4 is 94.1 Å². The smallest absolute Gasteiger partial charge is 0.245 e. The van der Waals surface area contributed by atoms with Gasteiger partial charge in [-0.1, -0.05) is 38.1 Å². The van der Waals surface area contributed by atoms with Crippen molar-refractivity contribution in [2.24, 2.45) is 23.1 Å². The molecule has 0 aromatic heterocycles. The molecule has 16 atom stereocenters. The van der Waals surface area contributed by atoms with E-state index in [1.165, 1.54) is 63.4 Å². The summed E-state index contributed by atoms with van der Waals surface area (Å²) in [7, 11) is 1.23. The SMILES string of the molecule is COc1cccc2c1C(=O)c1c(O)c3c(c(O)c1C2=O)C[C@@](O)(C(=O)CO)C[C@@H]3O[C@@H]1C[C@H](NC(=O)[C@H](CC(C)C)NC(=O)[C@H](CO)NC(=O)[C@H](CO)NC(=O)[C@H](CCC(N)=O)NC(=O)[C@H](Cc2ccc(O)cc2)NC(=O)[C@H](CO)NC(=O)[C@H](C)NC(=O)[C@H](CCCCN)NC(=O)[C@H](CC(N)=O)NC(=O)[C@H](C)NC(C)=O)[C@H](O)[C@H](C)O1. The molecule has 3 aliphatic rings. The van der Waals surface area contributed by atoms with Gasteiger partial charge >= 0.3 is 0 Å². The van der Waals surface area contributed by atoms with E-state index in [9.17, 15) is 123 Å². The molecule has 1 aliphatic heterocycles. The fraction of sp³-hybridized carbons (Fsp3) is 0.541. The van der Waals surface area contributed by atoms with Gasteiger partial charge in [0.2, 0.25) is 82.6 Å². The van der Waals surface area contributed by atoms with Crippen LogP contribution in [0, 0.1) is 5.92 Å². The minimum absolute atomic E-state index is 0.0481. The van der Waals surface area contributed by atoms with Crippen LogP contribution in [-0.2, 0) is 89.4 Å². The second-order valence-corrected chi connectivity index (χ2v) is 28.8. The van der Waals surface area contributed by atoms with E-state index >= 15 is 0 Å². The predicted molar refractivity (Wildman–Crippen MR) is 400 cm³/mol. The van der Waals surface area contributed by atoms with Gasteiger partial charge in [0.15, 0.2) is 17.9 Å². The Morgan fingerprint density at radius 1 is 0.586 bits per heavy atom. The van der Waals surface area contributed by atoms with Gasteiger partial charge in [-0.2, -0.15) is 0 Å². The maximum Gasteiger partial charge on any atom is 0.245 e. The van der Waals surface area contributed by atoms with Gasteiger partial charge in [-0.15, -0.1) is 0 Å². The van der Waals surface area contributed by atoms with Crippen molar-refractivity contribution in [3.05, 3.63) is 81.4 Å². The summed E-state index contributed by atoms with van der Waals surface area (Å²) in [5.41, 5.74) is 11.6. The number of Topliss-reactive ketones (excluding diaryl/α,β-unsaturated/α-hetero) is 1. The van der Waals surface area contributed by atoms with Crippen molar-refractivity contribution in [1.82, 2.24) is 58.5 Å². The van der Waals surface area contributed by atoms with E-state index in [-0.39, 0.29) is 59.6 Å². The van der Waals surface area contributed by atoms with Crippen LogP contribution in [0.3, 0.4) is 0 Å². The molecule has 116 heavy (non-hydrogen) atoms. The quantitative estimate of drug-likeness (QED) is 0.0145. The van der Waals surface area contributed by atoms with Gasteiger partial charge in [-0.3, -0.25) is 76.7 Å². The van der Waals surface area contributed by atoms with Crippen molar-refractivity contribution in [1.29, 1.82) is 0 Å². The summed E-state index contributed by atoms with van der Waals surface area (Å²) in [5.74, 6) is -19.5. The van der Waals surface area contributed by atoms with Crippen molar-refractivity contribution in [3.63, 3.8) is 0 Å². The second-order valence-electron chi connectivity index (χ2n) is 28.8. The molecule has 6 rings (SSSR count). The maximum absolute atomic E-state index is 14.4. The molecule has 0 spiro atoms. The molecule has 26 N–H and O–H groups in total. The molecule has 636 valence electrons. The van der Waals surface area contributed by atoms with Gasteiger partial charge in [0.25, 0.3) is 0 Å². The number of methoxy groups -OCH3 is 1. The molecule has 3 aromatic rings. The average molecular weight is 1640 g/mol. The number of carbonyl (C=O) groups excluding carboxylic acids is 16. The molecular weight excluding hydrogens is 1530 g/mol. The summed E-state index contributed by atoms with van der Waals surface area (Å²) in [6.45, 7) is 3.58. The fourth-order valence-electron chi connectivity index (χ4n) is 13.2. The number of fused-ring (bicyclic) bond motifs is 3. The molecule has 2 aliphatic carbocycles. The third-order valence-corrected chi connectivity index (χ3v) is 19.4. The van der Waals surface area contributed by atoms with Crippen LogP contribution in [0.15, 0.2) is 42.5 Å². The topological polar surface area (TPSA) is 693 Å². The Labute approximate surface area is 663 Å². The van der Waals surface area contributed by atoms with Crippen LogP contribution in [0.4, 0.5) is 0 Å². The number of nitrogens with two attached hydrogens (primary N) is 3.